The summed E-state index contributed by atoms with van der Waals surface area (Å²) in [6, 6.07) is 2.09. The van der Waals surface area contributed by atoms with E-state index in [1.54, 1.807) is 0 Å². The smallest absolute Gasteiger partial charge is 0.0244 e. The van der Waals surface area contributed by atoms with Crippen LogP contribution in [0.3, 0.4) is 0 Å². The number of rotatable bonds is 8. The normalized spacial score (nSPS) is 25.1. The number of hydrogen-bond donors (Lipinski definition) is 1. The number of unbranched alkanes of at least 4 members (excludes halogenated alkanes) is 1. The zero-order chi connectivity index (χ0) is 15.1. The van der Waals surface area contributed by atoms with Crippen LogP contribution in [0.25, 0.3) is 0 Å². The standard InChI is InChI=1S/C17H37N3/c1-7-16-13-20(17(12-18-16)14(2)3)11-9-8-10-19(6)15(4)5/h14-18H,7-13H2,1-6H3. The Hall–Kier alpha value is -0.120. The van der Waals surface area contributed by atoms with E-state index in [1.807, 2.05) is 0 Å². The van der Waals surface area contributed by atoms with Gasteiger partial charge >= 0.3 is 0 Å². The van der Waals surface area contributed by atoms with E-state index in [0.717, 1.165) is 12.0 Å². The van der Waals surface area contributed by atoms with Crippen molar-refractivity contribution in [1.29, 1.82) is 0 Å². The third-order valence-corrected chi connectivity index (χ3v) is 4.89. The Bertz CT molecular complexity index is 253. The molecule has 1 aliphatic heterocycles. The highest BCUT2D eigenvalue weighted by atomic mass is 15.2. The molecule has 0 spiro atoms. The first-order valence-electron chi connectivity index (χ1n) is 8.63. The molecule has 1 heterocycles. The highest BCUT2D eigenvalue weighted by Gasteiger charge is 2.28. The molecule has 1 rings (SSSR count). The highest BCUT2D eigenvalue weighted by Crippen LogP contribution is 2.17. The molecule has 1 saturated heterocycles. The van der Waals surface area contributed by atoms with Gasteiger partial charge in [0.2, 0.25) is 0 Å². The Morgan fingerprint density at radius 2 is 1.90 bits per heavy atom. The van der Waals surface area contributed by atoms with Gasteiger partial charge in [0, 0.05) is 31.2 Å². The average Bonchev–Trinajstić information content (AvgIpc) is 2.42. The molecule has 20 heavy (non-hydrogen) atoms. The predicted octanol–water partition coefficient (Wildman–Crippen LogP) is 2.82. The van der Waals surface area contributed by atoms with Crippen molar-refractivity contribution in [3.63, 3.8) is 0 Å². The van der Waals surface area contributed by atoms with Crippen LogP contribution in [0.4, 0.5) is 0 Å². The number of nitrogens with one attached hydrogen (secondary N) is 1. The van der Waals surface area contributed by atoms with Gasteiger partial charge < -0.3 is 10.2 Å². The van der Waals surface area contributed by atoms with Crippen molar-refractivity contribution in [3.8, 4) is 0 Å². The zero-order valence-electron chi connectivity index (χ0n) is 14.7. The van der Waals surface area contributed by atoms with E-state index in [1.165, 1.54) is 45.4 Å². The second-order valence-electron chi connectivity index (χ2n) is 7.10. The maximum absolute atomic E-state index is 3.70. The molecule has 1 aliphatic rings. The lowest BCUT2D eigenvalue weighted by Gasteiger charge is -2.42. The third kappa shape index (κ3) is 5.71. The third-order valence-electron chi connectivity index (χ3n) is 4.89. The second-order valence-corrected chi connectivity index (χ2v) is 7.10. The Balaban J connectivity index is 2.33. The van der Waals surface area contributed by atoms with Gasteiger partial charge in [-0.15, -0.1) is 0 Å². The lowest BCUT2D eigenvalue weighted by Crippen LogP contribution is -2.58. The molecule has 120 valence electrons. The first-order chi connectivity index (χ1) is 9.45. The van der Waals surface area contributed by atoms with E-state index >= 15 is 0 Å². The molecule has 1 N–H and O–H groups in total. The predicted molar refractivity (Wildman–Crippen MR) is 89.3 cm³/mol. The fraction of sp³-hybridized carbons (Fsp3) is 1.00. The van der Waals surface area contributed by atoms with Gasteiger partial charge in [-0.2, -0.15) is 0 Å². The van der Waals surface area contributed by atoms with Crippen LogP contribution in [0.5, 0.6) is 0 Å². The molecule has 0 aliphatic carbocycles. The van der Waals surface area contributed by atoms with Crippen LogP contribution >= 0.6 is 0 Å². The monoisotopic (exact) mass is 283 g/mol. The van der Waals surface area contributed by atoms with E-state index in [9.17, 15) is 0 Å². The Labute approximate surface area is 127 Å². The first kappa shape index (κ1) is 17.9. The molecule has 0 aromatic rings. The van der Waals surface area contributed by atoms with E-state index in [2.05, 4.69) is 56.8 Å². The van der Waals surface area contributed by atoms with E-state index < -0.39 is 0 Å². The molecule has 2 unspecified atom stereocenters. The molecular formula is C17H37N3. The summed E-state index contributed by atoms with van der Waals surface area (Å²) in [6.07, 6.45) is 3.90. The van der Waals surface area contributed by atoms with Crippen molar-refractivity contribution in [3.05, 3.63) is 0 Å². The molecule has 0 saturated carbocycles. The van der Waals surface area contributed by atoms with Crippen molar-refractivity contribution in [1.82, 2.24) is 15.1 Å². The fourth-order valence-corrected chi connectivity index (χ4v) is 3.02. The summed E-state index contributed by atoms with van der Waals surface area (Å²) in [6.45, 7) is 16.5. The summed E-state index contributed by atoms with van der Waals surface area (Å²) >= 11 is 0. The zero-order valence-corrected chi connectivity index (χ0v) is 14.7. The summed E-state index contributed by atoms with van der Waals surface area (Å²) in [5, 5.41) is 3.70. The summed E-state index contributed by atoms with van der Waals surface area (Å²) in [4.78, 5) is 5.19. The van der Waals surface area contributed by atoms with Crippen LogP contribution in [-0.4, -0.2) is 61.2 Å². The molecule has 0 radical (unpaired) electrons. The maximum Gasteiger partial charge on any atom is 0.0244 e. The maximum atomic E-state index is 3.70. The Morgan fingerprint density at radius 3 is 2.45 bits per heavy atom. The van der Waals surface area contributed by atoms with Gasteiger partial charge in [0.25, 0.3) is 0 Å². The lowest BCUT2D eigenvalue weighted by molar-refractivity contribution is 0.0941. The molecule has 3 heteroatoms. The van der Waals surface area contributed by atoms with E-state index in [0.29, 0.717) is 12.1 Å². The van der Waals surface area contributed by atoms with Crippen molar-refractivity contribution in [2.75, 3.05) is 33.2 Å². The Morgan fingerprint density at radius 1 is 1.20 bits per heavy atom. The molecule has 1 fully saturated rings. The SMILES string of the molecule is CCC1CN(CCCCN(C)C(C)C)C(C(C)C)CN1. The van der Waals surface area contributed by atoms with Gasteiger partial charge in [0.15, 0.2) is 0 Å². The number of nitrogens with zero attached hydrogens (tertiary/aromatic N) is 2. The van der Waals surface area contributed by atoms with Crippen LogP contribution in [0.1, 0.15) is 53.9 Å². The summed E-state index contributed by atoms with van der Waals surface area (Å²) in [5.74, 6) is 0.749. The minimum Gasteiger partial charge on any atom is -0.311 e. The van der Waals surface area contributed by atoms with Crippen molar-refractivity contribution < 1.29 is 0 Å². The van der Waals surface area contributed by atoms with E-state index in [4.69, 9.17) is 0 Å². The molecule has 0 bridgehead atoms. The molecule has 0 aromatic carbocycles. The van der Waals surface area contributed by atoms with Gasteiger partial charge in [0.1, 0.15) is 0 Å². The van der Waals surface area contributed by atoms with Gasteiger partial charge in [0.05, 0.1) is 0 Å². The van der Waals surface area contributed by atoms with Crippen LogP contribution in [-0.2, 0) is 0 Å². The second kappa shape index (κ2) is 9.01. The van der Waals surface area contributed by atoms with E-state index in [-0.39, 0.29) is 0 Å². The molecular weight excluding hydrogens is 246 g/mol. The molecule has 0 aromatic heterocycles. The van der Waals surface area contributed by atoms with Gasteiger partial charge in [-0.3, -0.25) is 4.90 Å². The topological polar surface area (TPSA) is 18.5 Å². The fourth-order valence-electron chi connectivity index (χ4n) is 3.02. The minimum absolute atomic E-state index is 0.669. The van der Waals surface area contributed by atoms with Crippen LogP contribution in [0.15, 0.2) is 0 Å². The highest BCUT2D eigenvalue weighted by molar-refractivity contribution is 4.87. The largest absolute Gasteiger partial charge is 0.311 e. The van der Waals surface area contributed by atoms with Crippen molar-refractivity contribution in [2.24, 2.45) is 5.92 Å². The van der Waals surface area contributed by atoms with Crippen molar-refractivity contribution >= 4 is 0 Å². The van der Waals surface area contributed by atoms with Crippen LogP contribution < -0.4 is 5.32 Å². The van der Waals surface area contributed by atoms with Gasteiger partial charge in [-0.25, -0.2) is 0 Å². The molecule has 2 atom stereocenters. The molecule has 0 amide bonds. The summed E-state index contributed by atoms with van der Waals surface area (Å²) in [7, 11) is 2.24. The minimum atomic E-state index is 0.669. The first-order valence-corrected chi connectivity index (χ1v) is 8.63. The van der Waals surface area contributed by atoms with Crippen LogP contribution in [0, 0.1) is 5.92 Å². The average molecular weight is 284 g/mol. The van der Waals surface area contributed by atoms with Gasteiger partial charge in [-0.05, 0) is 59.2 Å². The summed E-state index contributed by atoms with van der Waals surface area (Å²) in [5.41, 5.74) is 0. The molecule has 3 nitrogen and oxygen atoms in total. The quantitative estimate of drug-likeness (QED) is 0.691. The van der Waals surface area contributed by atoms with Crippen LogP contribution in [0.2, 0.25) is 0 Å². The Kier molecular flexibility index (Phi) is 8.08. The van der Waals surface area contributed by atoms with Gasteiger partial charge in [-0.1, -0.05) is 20.8 Å². The number of hydrogen-bond acceptors (Lipinski definition) is 3. The lowest BCUT2D eigenvalue weighted by atomic mass is 9.97. The summed E-state index contributed by atoms with van der Waals surface area (Å²) < 4.78 is 0. The number of piperazine rings is 1. The van der Waals surface area contributed by atoms with Crippen molar-refractivity contribution in [2.45, 2.75) is 72.0 Å².